The predicted molar refractivity (Wildman–Crippen MR) is 152 cm³/mol. The van der Waals surface area contributed by atoms with Gasteiger partial charge in [-0.05, 0) is 43.5 Å². The van der Waals surface area contributed by atoms with Gasteiger partial charge in [-0.15, -0.1) is 0 Å². The average Bonchev–Trinajstić information content (AvgIpc) is 3.44. The fourth-order valence-corrected chi connectivity index (χ4v) is 5.62. The van der Waals surface area contributed by atoms with Crippen LogP contribution in [0.2, 0.25) is 0 Å². The second-order valence-electron chi connectivity index (χ2n) is 10.5. The number of morpholine rings is 1. The molecule has 0 saturated carbocycles. The second kappa shape index (κ2) is 11.8. The van der Waals surface area contributed by atoms with Gasteiger partial charge in [0.2, 0.25) is 0 Å². The summed E-state index contributed by atoms with van der Waals surface area (Å²) in [4.78, 5) is 31.6. The van der Waals surface area contributed by atoms with Crippen LogP contribution in [0.15, 0.2) is 47.4 Å². The number of pyridine rings is 1. The monoisotopic (exact) mass is 545 g/mol. The van der Waals surface area contributed by atoms with Gasteiger partial charge in [0, 0.05) is 55.9 Å². The van der Waals surface area contributed by atoms with Gasteiger partial charge in [-0.3, -0.25) is 19.2 Å². The number of rotatable bonds is 8. The minimum atomic E-state index is -0.181. The van der Waals surface area contributed by atoms with Gasteiger partial charge in [-0.1, -0.05) is 18.2 Å². The highest BCUT2D eigenvalue weighted by Gasteiger charge is 2.22. The minimum absolute atomic E-state index is 0.148. The Kier molecular flexibility index (Phi) is 7.81. The molecular weight excluding hydrogens is 510 g/mol. The first-order chi connectivity index (χ1) is 19.6. The highest BCUT2D eigenvalue weighted by molar-refractivity contribution is 6.07. The van der Waals surface area contributed by atoms with Crippen molar-refractivity contribution in [2.24, 2.45) is 0 Å². The summed E-state index contributed by atoms with van der Waals surface area (Å²) in [7, 11) is 0. The Bertz CT molecular complexity index is 1570. The van der Waals surface area contributed by atoms with Crippen LogP contribution in [0.1, 0.15) is 40.4 Å². The normalized spacial score (nSPS) is 16.9. The van der Waals surface area contributed by atoms with Crippen molar-refractivity contribution in [1.29, 1.82) is 0 Å². The van der Waals surface area contributed by atoms with Gasteiger partial charge in [0.1, 0.15) is 12.4 Å². The first-order valence-electron chi connectivity index (χ1n) is 14.0. The SMILES string of the molecule is Cc1cc2[nH]c(=O)c3cnn(C4CCOCC4)c3c2cc1C(=O)NCc1ccccc1OCCN1CCOCC1. The van der Waals surface area contributed by atoms with E-state index in [1.807, 2.05) is 48.0 Å². The van der Waals surface area contributed by atoms with Crippen molar-refractivity contribution in [2.75, 3.05) is 52.7 Å². The first kappa shape index (κ1) is 26.5. The van der Waals surface area contributed by atoms with Gasteiger partial charge in [-0.2, -0.15) is 5.10 Å². The molecule has 2 aliphatic heterocycles. The molecule has 2 aromatic carbocycles. The maximum atomic E-state index is 13.5. The Morgan fingerprint density at radius 2 is 1.88 bits per heavy atom. The number of para-hydroxylation sites is 1. The maximum absolute atomic E-state index is 13.5. The molecule has 2 saturated heterocycles. The van der Waals surface area contributed by atoms with Crippen molar-refractivity contribution >= 4 is 27.7 Å². The van der Waals surface area contributed by atoms with Crippen LogP contribution < -0.4 is 15.6 Å². The molecule has 1 amide bonds. The van der Waals surface area contributed by atoms with E-state index in [9.17, 15) is 9.59 Å². The third-order valence-electron chi connectivity index (χ3n) is 7.87. The van der Waals surface area contributed by atoms with Crippen LogP contribution in [0.5, 0.6) is 5.75 Å². The zero-order chi connectivity index (χ0) is 27.5. The molecule has 2 aliphatic rings. The van der Waals surface area contributed by atoms with Crippen molar-refractivity contribution < 1.29 is 19.0 Å². The zero-order valence-corrected chi connectivity index (χ0v) is 22.8. The number of carbonyl (C=O) groups is 1. The lowest BCUT2D eigenvalue weighted by atomic mass is 10.0. The number of H-pyrrole nitrogens is 1. The van der Waals surface area contributed by atoms with Gasteiger partial charge >= 0.3 is 0 Å². The van der Waals surface area contributed by atoms with Gasteiger partial charge in [0.05, 0.1) is 41.9 Å². The third-order valence-corrected chi connectivity index (χ3v) is 7.87. The van der Waals surface area contributed by atoms with Crippen LogP contribution in [-0.4, -0.2) is 78.2 Å². The Morgan fingerprint density at radius 1 is 1.10 bits per heavy atom. The number of aryl methyl sites for hydroxylation is 1. The fraction of sp³-hybridized carbons (Fsp3) is 0.433. The first-order valence-corrected chi connectivity index (χ1v) is 14.0. The molecule has 0 radical (unpaired) electrons. The molecule has 0 atom stereocenters. The zero-order valence-electron chi connectivity index (χ0n) is 22.8. The number of nitrogens with one attached hydrogen (secondary N) is 2. The Labute approximate surface area is 232 Å². The number of aromatic amines is 1. The molecule has 4 aromatic rings. The number of aromatic nitrogens is 3. The molecule has 2 aromatic heterocycles. The number of hydrogen-bond donors (Lipinski definition) is 2. The molecule has 0 spiro atoms. The molecule has 6 rings (SSSR count). The summed E-state index contributed by atoms with van der Waals surface area (Å²) in [6, 6.07) is 11.7. The number of benzene rings is 2. The Hall–Kier alpha value is -3.73. The van der Waals surface area contributed by atoms with Crippen molar-refractivity contribution in [3.63, 3.8) is 0 Å². The number of amides is 1. The predicted octanol–water partition coefficient (Wildman–Crippen LogP) is 3.18. The largest absolute Gasteiger partial charge is 0.492 e. The van der Waals surface area contributed by atoms with Crippen LogP contribution in [0, 0.1) is 6.92 Å². The van der Waals surface area contributed by atoms with Crippen LogP contribution in [0.3, 0.4) is 0 Å². The standard InChI is InChI=1S/C30H35N5O5/c1-20-16-26-24(28-25(30(37)33-26)19-32-35(28)22-6-11-38-12-7-22)17-23(20)29(36)31-18-21-4-2-3-5-27(21)40-15-10-34-8-13-39-14-9-34/h2-5,16-17,19,22H,6-15,18H2,1H3,(H,31,36)(H,33,37). The van der Waals surface area contributed by atoms with Crippen LogP contribution in [-0.2, 0) is 16.0 Å². The van der Waals surface area contributed by atoms with E-state index in [2.05, 4.69) is 20.3 Å². The molecule has 10 nitrogen and oxygen atoms in total. The molecule has 4 heterocycles. The topological polar surface area (TPSA) is 111 Å². The summed E-state index contributed by atoms with van der Waals surface area (Å²) in [5, 5.41) is 8.99. The lowest BCUT2D eigenvalue weighted by Crippen LogP contribution is -2.38. The number of nitrogens with zero attached hydrogens (tertiary/aromatic N) is 3. The molecular formula is C30H35N5O5. The second-order valence-corrected chi connectivity index (χ2v) is 10.5. The third kappa shape index (κ3) is 5.47. The summed E-state index contributed by atoms with van der Waals surface area (Å²) in [5.74, 6) is 0.588. The molecule has 0 unspecified atom stereocenters. The molecule has 0 aliphatic carbocycles. The summed E-state index contributed by atoms with van der Waals surface area (Å²) in [5.41, 5.74) is 3.54. The van der Waals surface area contributed by atoms with Crippen molar-refractivity contribution in [2.45, 2.75) is 32.4 Å². The molecule has 0 bridgehead atoms. The van der Waals surface area contributed by atoms with Crippen LogP contribution >= 0.6 is 0 Å². The van der Waals surface area contributed by atoms with Crippen molar-refractivity contribution in [1.82, 2.24) is 25.0 Å². The molecule has 10 heteroatoms. The van der Waals surface area contributed by atoms with E-state index in [1.54, 1.807) is 6.20 Å². The average molecular weight is 546 g/mol. The van der Waals surface area contributed by atoms with E-state index in [0.717, 1.165) is 73.5 Å². The van der Waals surface area contributed by atoms with Crippen LogP contribution in [0.25, 0.3) is 21.8 Å². The van der Waals surface area contributed by atoms with Gasteiger partial charge in [-0.25, -0.2) is 0 Å². The number of hydrogen-bond acceptors (Lipinski definition) is 7. The quantitative estimate of drug-likeness (QED) is 0.350. The highest BCUT2D eigenvalue weighted by Crippen LogP contribution is 2.30. The molecule has 2 fully saturated rings. The van der Waals surface area contributed by atoms with E-state index in [1.165, 1.54) is 0 Å². The van der Waals surface area contributed by atoms with Crippen molar-refractivity contribution in [3.8, 4) is 5.75 Å². The summed E-state index contributed by atoms with van der Waals surface area (Å²) in [6.45, 7) is 8.32. The molecule has 40 heavy (non-hydrogen) atoms. The lowest BCUT2D eigenvalue weighted by Gasteiger charge is -2.26. The molecule has 210 valence electrons. The number of carbonyl (C=O) groups excluding carboxylic acids is 1. The summed E-state index contributed by atoms with van der Waals surface area (Å²) < 4.78 is 19.0. The maximum Gasteiger partial charge on any atom is 0.259 e. The summed E-state index contributed by atoms with van der Waals surface area (Å²) in [6.07, 6.45) is 3.29. The van der Waals surface area contributed by atoms with E-state index in [0.29, 0.717) is 42.8 Å². The van der Waals surface area contributed by atoms with E-state index >= 15 is 0 Å². The Balaban J connectivity index is 1.22. The minimum Gasteiger partial charge on any atom is -0.492 e. The lowest BCUT2D eigenvalue weighted by molar-refractivity contribution is 0.0322. The van der Waals surface area contributed by atoms with Crippen LogP contribution in [0.4, 0.5) is 0 Å². The summed E-state index contributed by atoms with van der Waals surface area (Å²) >= 11 is 0. The number of fused-ring (bicyclic) bond motifs is 3. The van der Waals surface area contributed by atoms with E-state index < -0.39 is 0 Å². The highest BCUT2D eigenvalue weighted by atomic mass is 16.5. The van der Waals surface area contributed by atoms with Gasteiger partial charge in [0.15, 0.2) is 0 Å². The Morgan fingerprint density at radius 3 is 2.70 bits per heavy atom. The van der Waals surface area contributed by atoms with Crippen molar-refractivity contribution in [3.05, 3.63) is 69.6 Å². The fourth-order valence-electron chi connectivity index (χ4n) is 5.62. The molecule has 2 N–H and O–H groups in total. The van der Waals surface area contributed by atoms with Gasteiger partial charge < -0.3 is 24.5 Å². The number of ether oxygens (including phenoxy) is 3. The van der Waals surface area contributed by atoms with E-state index in [-0.39, 0.29) is 17.5 Å². The van der Waals surface area contributed by atoms with E-state index in [4.69, 9.17) is 14.2 Å². The smallest absolute Gasteiger partial charge is 0.259 e. The van der Waals surface area contributed by atoms with Gasteiger partial charge in [0.25, 0.3) is 11.5 Å².